The van der Waals surface area contributed by atoms with Crippen molar-refractivity contribution in [3.63, 3.8) is 0 Å². The zero-order valence-corrected chi connectivity index (χ0v) is 23.8. The van der Waals surface area contributed by atoms with Crippen LogP contribution in [0.15, 0.2) is 121 Å². The van der Waals surface area contributed by atoms with Crippen LogP contribution in [0.4, 0.5) is 21.0 Å². The molecule has 2 saturated heterocycles. The van der Waals surface area contributed by atoms with Crippen LogP contribution in [0.2, 0.25) is 0 Å². The second-order valence-corrected chi connectivity index (χ2v) is 11.0. The van der Waals surface area contributed by atoms with Gasteiger partial charge < -0.3 is 19.8 Å². The van der Waals surface area contributed by atoms with Crippen molar-refractivity contribution in [3.8, 4) is 0 Å². The number of hydrogen-bond donors (Lipinski definition) is 1. The lowest BCUT2D eigenvalue weighted by Gasteiger charge is -2.47. The Morgan fingerprint density at radius 1 is 0.651 bits per heavy atom. The van der Waals surface area contributed by atoms with Crippen molar-refractivity contribution in [3.05, 3.63) is 132 Å². The summed E-state index contributed by atoms with van der Waals surface area (Å²) >= 11 is 0. The van der Waals surface area contributed by atoms with Crippen LogP contribution in [-0.2, 0) is 17.9 Å². The van der Waals surface area contributed by atoms with E-state index < -0.39 is 24.1 Å². The predicted octanol–water partition coefficient (Wildman–Crippen LogP) is 6.37. The van der Waals surface area contributed by atoms with E-state index >= 15 is 0 Å². The summed E-state index contributed by atoms with van der Waals surface area (Å²) in [6, 6.07) is 35.3. The number of likely N-dealkylation sites (tertiary alicyclic amines) is 1. The molecule has 0 radical (unpaired) electrons. The van der Waals surface area contributed by atoms with Crippen LogP contribution >= 0.6 is 0 Å². The highest BCUT2D eigenvalue weighted by Crippen LogP contribution is 2.38. The van der Waals surface area contributed by atoms with Gasteiger partial charge in [0.25, 0.3) is 0 Å². The molecule has 0 spiro atoms. The standard InChI is InChI=1S/C35H34N4O4/c40-33(41)32-31-22-21-30(25-37(32)35(43)38(28-17-9-3-10-18-28)29-19-11-4-12-20-29)39(31)34(42)36(23-26-13-5-1-6-14-26)24-27-15-7-2-8-16-27/h1-20,30-32H,21-25H2,(H,40,41)/t30-,31+,32-/m0/s1. The topological polar surface area (TPSA) is 84.4 Å². The van der Waals surface area contributed by atoms with Gasteiger partial charge in [0.15, 0.2) is 6.04 Å². The molecule has 4 aromatic rings. The smallest absolute Gasteiger partial charge is 0.329 e. The number of amides is 4. The average molecular weight is 575 g/mol. The van der Waals surface area contributed by atoms with Gasteiger partial charge in [0.05, 0.1) is 23.5 Å². The van der Waals surface area contributed by atoms with Gasteiger partial charge in [-0.3, -0.25) is 4.90 Å². The maximum absolute atomic E-state index is 14.3. The molecule has 8 heteroatoms. The number of aliphatic carboxylic acids is 1. The molecule has 0 saturated carbocycles. The van der Waals surface area contributed by atoms with E-state index in [1.54, 1.807) is 14.7 Å². The third kappa shape index (κ3) is 5.81. The third-order valence-electron chi connectivity index (χ3n) is 8.30. The number of carbonyl (C=O) groups is 3. The van der Waals surface area contributed by atoms with Gasteiger partial charge in [-0.25, -0.2) is 14.4 Å². The van der Waals surface area contributed by atoms with Crippen LogP contribution < -0.4 is 4.90 Å². The number of piperazine rings is 1. The molecule has 218 valence electrons. The summed E-state index contributed by atoms with van der Waals surface area (Å²) in [6.07, 6.45) is 1.14. The fraction of sp³-hybridized carbons (Fsp3) is 0.229. The number of hydrogen-bond acceptors (Lipinski definition) is 3. The summed E-state index contributed by atoms with van der Waals surface area (Å²) in [7, 11) is 0. The van der Waals surface area contributed by atoms with E-state index in [0.717, 1.165) is 11.1 Å². The SMILES string of the molecule is O=C(O)[C@@H]1[C@H]2CC[C@@H](CN1C(=O)N(c1ccccc1)c1ccccc1)N2C(=O)N(Cc1ccccc1)Cc1ccccc1. The third-order valence-corrected chi connectivity index (χ3v) is 8.30. The Balaban J connectivity index is 1.31. The number of carbonyl (C=O) groups excluding carboxylic acids is 2. The first-order chi connectivity index (χ1) is 21.0. The molecular formula is C35H34N4O4. The number of urea groups is 2. The maximum Gasteiger partial charge on any atom is 0.329 e. The van der Waals surface area contributed by atoms with Crippen molar-refractivity contribution in [1.29, 1.82) is 0 Å². The van der Waals surface area contributed by atoms with Crippen LogP contribution in [0.5, 0.6) is 0 Å². The van der Waals surface area contributed by atoms with Gasteiger partial charge in [-0.15, -0.1) is 0 Å². The Kier molecular flexibility index (Phi) is 8.09. The molecule has 0 unspecified atom stereocenters. The van der Waals surface area contributed by atoms with Crippen molar-refractivity contribution in [1.82, 2.24) is 14.7 Å². The minimum Gasteiger partial charge on any atom is -0.480 e. The molecule has 2 aliphatic heterocycles. The summed E-state index contributed by atoms with van der Waals surface area (Å²) in [5.74, 6) is -1.12. The molecule has 2 heterocycles. The van der Waals surface area contributed by atoms with Crippen LogP contribution in [0.25, 0.3) is 0 Å². The highest BCUT2D eigenvalue weighted by atomic mass is 16.4. The van der Waals surface area contributed by atoms with Gasteiger partial charge in [0.1, 0.15) is 0 Å². The lowest BCUT2D eigenvalue weighted by Crippen LogP contribution is -2.67. The number of anilines is 2. The lowest BCUT2D eigenvalue weighted by molar-refractivity contribution is -0.145. The average Bonchev–Trinajstić information content (AvgIpc) is 3.34. The first-order valence-corrected chi connectivity index (χ1v) is 14.6. The number of para-hydroxylation sites is 2. The minimum atomic E-state index is -1.18. The molecule has 43 heavy (non-hydrogen) atoms. The molecule has 2 bridgehead atoms. The normalized spacial score (nSPS) is 19.1. The van der Waals surface area contributed by atoms with Gasteiger partial charge >= 0.3 is 18.0 Å². The zero-order valence-electron chi connectivity index (χ0n) is 23.8. The van der Waals surface area contributed by atoms with Gasteiger partial charge in [-0.2, -0.15) is 0 Å². The first-order valence-electron chi connectivity index (χ1n) is 14.6. The molecule has 8 nitrogen and oxygen atoms in total. The highest BCUT2D eigenvalue weighted by Gasteiger charge is 2.54. The minimum absolute atomic E-state index is 0.138. The molecular weight excluding hydrogens is 540 g/mol. The van der Waals surface area contributed by atoms with Gasteiger partial charge in [-0.05, 0) is 48.2 Å². The molecule has 2 aliphatic rings. The van der Waals surface area contributed by atoms with E-state index in [1.807, 2.05) is 121 Å². The van der Waals surface area contributed by atoms with E-state index in [0.29, 0.717) is 37.3 Å². The summed E-state index contributed by atoms with van der Waals surface area (Å²) in [4.78, 5) is 48.1. The number of carboxylic acid groups (broad SMARTS) is 1. The summed E-state index contributed by atoms with van der Waals surface area (Å²) in [5, 5.41) is 10.5. The van der Waals surface area contributed by atoms with Crippen molar-refractivity contribution >= 4 is 29.4 Å². The molecule has 0 aliphatic carbocycles. The molecule has 1 N–H and O–H groups in total. The number of nitrogens with zero attached hydrogens (tertiary/aromatic N) is 4. The molecule has 2 fully saturated rings. The van der Waals surface area contributed by atoms with Crippen LogP contribution in [-0.4, -0.2) is 62.5 Å². The van der Waals surface area contributed by atoms with E-state index in [-0.39, 0.29) is 18.6 Å². The first kappa shape index (κ1) is 28.0. The monoisotopic (exact) mass is 574 g/mol. The highest BCUT2D eigenvalue weighted by molar-refractivity contribution is 6.01. The van der Waals surface area contributed by atoms with Gasteiger partial charge in [0, 0.05) is 19.6 Å². The largest absolute Gasteiger partial charge is 0.480 e. The quantitative estimate of drug-likeness (QED) is 0.278. The second kappa shape index (κ2) is 12.4. The molecule has 6 rings (SSSR count). The van der Waals surface area contributed by atoms with Crippen molar-refractivity contribution in [2.24, 2.45) is 0 Å². The Bertz CT molecular complexity index is 1470. The fourth-order valence-electron chi connectivity index (χ4n) is 6.36. The Hall–Kier alpha value is -5.11. The van der Waals surface area contributed by atoms with E-state index in [4.69, 9.17) is 0 Å². The lowest BCUT2D eigenvalue weighted by atomic mass is 10.0. The van der Waals surface area contributed by atoms with E-state index in [1.165, 1.54) is 4.90 Å². The number of carboxylic acids is 1. The number of fused-ring (bicyclic) bond motifs is 2. The summed E-state index contributed by atoms with van der Waals surface area (Å²) in [6.45, 7) is 0.917. The van der Waals surface area contributed by atoms with Crippen molar-refractivity contribution in [2.75, 3.05) is 11.4 Å². The molecule has 0 aromatic heterocycles. The van der Waals surface area contributed by atoms with Gasteiger partial charge in [0.2, 0.25) is 0 Å². The Morgan fingerprint density at radius 3 is 1.58 bits per heavy atom. The van der Waals surface area contributed by atoms with Crippen molar-refractivity contribution in [2.45, 2.75) is 44.1 Å². The zero-order chi connectivity index (χ0) is 29.8. The number of rotatable bonds is 7. The van der Waals surface area contributed by atoms with E-state index in [9.17, 15) is 19.5 Å². The fourth-order valence-corrected chi connectivity index (χ4v) is 6.36. The van der Waals surface area contributed by atoms with Crippen LogP contribution in [0.1, 0.15) is 24.0 Å². The summed E-state index contributed by atoms with van der Waals surface area (Å²) in [5.41, 5.74) is 3.27. The second-order valence-electron chi connectivity index (χ2n) is 11.0. The Labute approximate surface area is 251 Å². The van der Waals surface area contributed by atoms with E-state index in [2.05, 4.69) is 0 Å². The number of benzene rings is 4. The van der Waals surface area contributed by atoms with Crippen LogP contribution in [0.3, 0.4) is 0 Å². The Morgan fingerprint density at radius 2 is 1.12 bits per heavy atom. The predicted molar refractivity (Wildman–Crippen MR) is 165 cm³/mol. The molecule has 4 aromatic carbocycles. The molecule has 3 atom stereocenters. The maximum atomic E-state index is 14.3. The van der Waals surface area contributed by atoms with Crippen LogP contribution in [0, 0.1) is 0 Å². The summed E-state index contributed by atoms with van der Waals surface area (Å²) < 4.78 is 0. The van der Waals surface area contributed by atoms with Crippen molar-refractivity contribution < 1.29 is 19.5 Å². The molecule has 4 amide bonds. The van der Waals surface area contributed by atoms with Gasteiger partial charge in [-0.1, -0.05) is 97.1 Å².